The zero-order valence-corrected chi connectivity index (χ0v) is 23.4. The second-order valence-corrected chi connectivity index (χ2v) is 9.15. The van der Waals surface area contributed by atoms with Crippen molar-refractivity contribution in [3.63, 3.8) is 0 Å². The summed E-state index contributed by atoms with van der Waals surface area (Å²) < 4.78 is 5.17. The minimum atomic E-state index is 0. The molecule has 0 aliphatic carbocycles. The largest absolute Gasteiger partial charge is 0.385 e. The van der Waals surface area contributed by atoms with Crippen LogP contribution in [-0.2, 0) is 4.74 Å². The zero-order chi connectivity index (χ0) is 22.8. The average Bonchev–Trinajstić information content (AvgIpc) is 2.82. The standard InChI is InChI=1S/C25H44N6O.HI/c1-21-7-5-8-24(22(21)2)31-18-16-30(17-19-31)15-11-27-25(26-3)28-23-9-13-29(14-10-23)12-6-20-32-4;/h5,7-8,23H,6,9-20H2,1-4H3,(H2,26,27,28);1H. The van der Waals surface area contributed by atoms with Crippen molar-refractivity contribution in [2.24, 2.45) is 4.99 Å². The van der Waals surface area contributed by atoms with Crippen LogP contribution >= 0.6 is 24.0 Å². The van der Waals surface area contributed by atoms with Crippen molar-refractivity contribution in [1.82, 2.24) is 20.4 Å². The van der Waals surface area contributed by atoms with Crippen molar-refractivity contribution in [3.8, 4) is 0 Å². The Kier molecular flexibility index (Phi) is 12.8. The van der Waals surface area contributed by atoms with Gasteiger partial charge < -0.3 is 25.2 Å². The van der Waals surface area contributed by atoms with E-state index in [9.17, 15) is 0 Å². The van der Waals surface area contributed by atoms with E-state index in [0.717, 1.165) is 77.9 Å². The third-order valence-corrected chi connectivity index (χ3v) is 6.98. The molecule has 2 saturated heterocycles. The number of piperidine rings is 1. The van der Waals surface area contributed by atoms with Crippen molar-refractivity contribution in [1.29, 1.82) is 0 Å². The number of hydrogen-bond donors (Lipinski definition) is 2. The number of nitrogens with zero attached hydrogens (tertiary/aromatic N) is 4. The van der Waals surface area contributed by atoms with Crippen LogP contribution in [0.4, 0.5) is 5.69 Å². The molecule has 0 aromatic heterocycles. The predicted octanol–water partition coefficient (Wildman–Crippen LogP) is 2.71. The monoisotopic (exact) mass is 572 g/mol. The van der Waals surface area contributed by atoms with Gasteiger partial charge in [0.2, 0.25) is 0 Å². The number of methoxy groups -OCH3 is 1. The van der Waals surface area contributed by atoms with Crippen LogP contribution in [-0.4, -0.2) is 101 Å². The summed E-state index contributed by atoms with van der Waals surface area (Å²) in [7, 11) is 3.65. The van der Waals surface area contributed by atoms with Gasteiger partial charge in [-0.3, -0.25) is 9.89 Å². The fourth-order valence-electron chi connectivity index (χ4n) is 4.74. The molecule has 0 unspecified atom stereocenters. The molecule has 2 heterocycles. The van der Waals surface area contributed by atoms with Gasteiger partial charge in [0.25, 0.3) is 0 Å². The van der Waals surface area contributed by atoms with Gasteiger partial charge in [-0.15, -0.1) is 24.0 Å². The van der Waals surface area contributed by atoms with Crippen LogP contribution in [0.25, 0.3) is 0 Å². The van der Waals surface area contributed by atoms with E-state index >= 15 is 0 Å². The van der Waals surface area contributed by atoms with Crippen LogP contribution in [0, 0.1) is 13.8 Å². The molecular formula is C25H45IN6O. The Morgan fingerprint density at radius 2 is 1.73 bits per heavy atom. The molecule has 2 aliphatic rings. The molecule has 8 heteroatoms. The minimum absolute atomic E-state index is 0. The second-order valence-electron chi connectivity index (χ2n) is 9.15. The topological polar surface area (TPSA) is 55.4 Å². The summed E-state index contributed by atoms with van der Waals surface area (Å²) >= 11 is 0. The van der Waals surface area contributed by atoms with Crippen molar-refractivity contribution in [2.75, 3.05) is 84.6 Å². The third-order valence-electron chi connectivity index (χ3n) is 6.98. The fourth-order valence-corrected chi connectivity index (χ4v) is 4.74. The first-order chi connectivity index (χ1) is 15.6. The molecule has 2 N–H and O–H groups in total. The van der Waals surface area contributed by atoms with Crippen LogP contribution < -0.4 is 15.5 Å². The van der Waals surface area contributed by atoms with E-state index in [-0.39, 0.29) is 24.0 Å². The van der Waals surface area contributed by atoms with E-state index in [1.807, 2.05) is 7.05 Å². The Hall–Kier alpha value is -1.10. The molecule has 188 valence electrons. The molecule has 33 heavy (non-hydrogen) atoms. The fraction of sp³-hybridized carbons (Fsp3) is 0.720. The highest BCUT2D eigenvalue weighted by molar-refractivity contribution is 14.0. The molecule has 3 rings (SSSR count). The van der Waals surface area contributed by atoms with Gasteiger partial charge in [0.1, 0.15) is 0 Å². The Bertz CT molecular complexity index is 715. The van der Waals surface area contributed by atoms with E-state index in [2.05, 4.69) is 62.4 Å². The number of halogens is 1. The maximum absolute atomic E-state index is 5.17. The van der Waals surface area contributed by atoms with Crippen LogP contribution in [0.5, 0.6) is 0 Å². The van der Waals surface area contributed by atoms with Gasteiger partial charge in [-0.1, -0.05) is 12.1 Å². The van der Waals surface area contributed by atoms with Gasteiger partial charge in [-0.2, -0.15) is 0 Å². The molecule has 0 radical (unpaired) electrons. The van der Waals surface area contributed by atoms with Gasteiger partial charge in [-0.05, 0) is 50.3 Å². The van der Waals surface area contributed by atoms with E-state index in [1.54, 1.807) is 7.11 Å². The van der Waals surface area contributed by atoms with Gasteiger partial charge in [0.05, 0.1) is 0 Å². The minimum Gasteiger partial charge on any atom is -0.385 e. The second kappa shape index (κ2) is 15.0. The molecular weight excluding hydrogens is 527 g/mol. The molecule has 0 bridgehead atoms. The van der Waals surface area contributed by atoms with E-state index in [4.69, 9.17) is 4.74 Å². The molecule has 0 spiro atoms. The number of hydrogen-bond acceptors (Lipinski definition) is 5. The molecule has 0 amide bonds. The first kappa shape index (κ1) is 28.1. The lowest BCUT2D eigenvalue weighted by Gasteiger charge is -2.37. The number of guanidine groups is 1. The van der Waals surface area contributed by atoms with Crippen molar-refractivity contribution in [3.05, 3.63) is 29.3 Å². The lowest BCUT2D eigenvalue weighted by molar-refractivity contribution is 0.155. The number of likely N-dealkylation sites (tertiary alicyclic amines) is 1. The number of rotatable bonds is 9. The smallest absolute Gasteiger partial charge is 0.191 e. The molecule has 2 fully saturated rings. The van der Waals surface area contributed by atoms with Gasteiger partial charge in [-0.25, -0.2) is 0 Å². The highest BCUT2D eigenvalue weighted by atomic mass is 127. The quantitative estimate of drug-likeness (QED) is 0.206. The number of piperazine rings is 1. The normalized spacial score (nSPS) is 18.8. The molecule has 0 saturated carbocycles. The SMILES string of the molecule is CN=C(NCCN1CCN(c2cccc(C)c2C)CC1)NC1CCN(CCCOC)CC1.I. The summed E-state index contributed by atoms with van der Waals surface area (Å²) in [6.07, 6.45) is 3.47. The molecule has 1 aromatic carbocycles. The molecule has 2 aliphatic heterocycles. The Labute approximate surface area is 218 Å². The number of anilines is 1. The molecule has 1 aromatic rings. The van der Waals surface area contributed by atoms with E-state index in [1.165, 1.54) is 29.7 Å². The summed E-state index contributed by atoms with van der Waals surface area (Å²) in [5.74, 6) is 0.942. The van der Waals surface area contributed by atoms with Crippen LogP contribution in [0.15, 0.2) is 23.2 Å². The van der Waals surface area contributed by atoms with Gasteiger partial charge in [0, 0.05) is 91.4 Å². The zero-order valence-electron chi connectivity index (χ0n) is 21.1. The number of aryl methyl sites for hydroxylation is 1. The van der Waals surface area contributed by atoms with Crippen molar-refractivity contribution >= 4 is 35.6 Å². The highest BCUT2D eigenvalue weighted by Crippen LogP contribution is 2.23. The van der Waals surface area contributed by atoms with Crippen LogP contribution in [0.1, 0.15) is 30.4 Å². The van der Waals surface area contributed by atoms with Gasteiger partial charge >= 0.3 is 0 Å². The highest BCUT2D eigenvalue weighted by Gasteiger charge is 2.21. The van der Waals surface area contributed by atoms with Crippen molar-refractivity contribution < 1.29 is 4.74 Å². The Balaban J connectivity index is 0.00000385. The Morgan fingerprint density at radius 3 is 2.39 bits per heavy atom. The third kappa shape index (κ3) is 8.88. The van der Waals surface area contributed by atoms with E-state index in [0.29, 0.717) is 6.04 Å². The molecule has 7 nitrogen and oxygen atoms in total. The number of aliphatic imine (C=N–C) groups is 1. The lowest BCUT2D eigenvalue weighted by Crippen LogP contribution is -2.51. The first-order valence-electron chi connectivity index (χ1n) is 12.3. The molecule has 0 atom stereocenters. The summed E-state index contributed by atoms with van der Waals surface area (Å²) in [6.45, 7) is 15.2. The summed E-state index contributed by atoms with van der Waals surface area (Å²) in [4.78, 5) is 12.1. The van der Waals surface area contributed by atoms with Crippen LogP contribution in [0.2, 0.25) is 0 Å². The summed E-state index contributed by atoms with van der Waals surface area (Å²) in [5.41, 5.74) is 4.19. The number of ether oxygens (including phenoxy) is 1. The number of benzene rings is 1. The number of nitrogens with one attached hydrogen (secondary N) is 2. The Morgan fingerprint density at radius 1 is 1.03 bits per heavy atom. The maximum Gasteiger partial charge on any atom is 0.191 e. The summed E-state index contributed by atoms with van der Waals surface area (Å²) in [6, 6.07) is 7.16. The van der Waals surface area contributed by atoms with E-state index < -0.39 is 0 Å². The van der Waals surface area contributed by atoms with Gasteiger partial charge in [0.15, 0.2) is 5.96 Å². The van der Waals surface area contributed by atoms with Crippen molar-refractivity contribution in [2.45, 2.75) is 39.2 Å². The predicted molar refractivity (Wildman–Crippen MR) is 150 cm³/mol. The van der Waals surface area contributed by atoms with Crippen LogP contribution in [0.3, 0.4) is 0 Å². The average molecular weight is 573 g/mol. The lowest BCUT2D eigenvalue weighted by atomic mass is 10.1. The summed E-state index contributed by atoms with van der Waals surface area (Å²) in [5, 5.41) is 7.16. The maximum atomic E-state index is 5.17. The first-order valence-corrected chi connectivity index (χ1v) is 12.3.